The van der Waals surface area contributed by atoms with E-state index >= 15 is 0 Å². The predicted molar refractivity (Wildman–Crippen MR) is 58.0 cm³/mol. The van der Waals surface area contributed by atoms with Crippen molar-refractivity contribution in [2.45, 2.75) is 13.3 Å². The normalized spacial score (nSPS) is 15.0. The first-order chi connectivity index (χ1) is 7.24. The molecule has 1 aliphatic heterocycles. The molecule has 1 aromatic carbocycles. The van der Waals surface area contributed by atoms with Gasteiger partial charge < -0.3 is 4.74 Å². The van der Waals surface area contributed by atoms with E-state index in [4.69, 9.17) is 4.74 Å². The van der Waals surface area contributed by atoms with Gasteiger partial charge in [0.15, 0.2) is 0 Å². The third-order valence-corrected chi connectivity index (χ3v) is 2.07. The molecule has 0 saturated carbocycles. The van der Waals surface area contributed by atoms with Gasteiger partial charge in [-0.3, -0.25) is 4.79 Å². The Balaban J connectivity index is 2.07. The Morgan fingerprint density at radius 2 is 2.00 bits per heavy atom. The minimum atomic E-state index is -0.133. The molecule has 2 rings (SSSR count). The van der Waals surface area contributed by atoms with Crippen molar-refractivity contribution >= 4 is 12.1 Å². The van der Waals surface area contributed by atoms with Crippen molar-refractivity contribution in [1.29, 1.82) is 0 Å². The Kier molecular flexibility index (Phi) is 2.63. The number of ether oxygens (including phenoxy) is 1. The van der Waals surface area contributed by atoms with Crippen LogP contribution in [0.15, 0.2) is 41.1 Å². The summed E-state index contributed by atoms with van der Waals surface area (Å²) in [5.74, 6) is 1.25. The fourth-order valence-electron chi connectivity index (χ4n) is 1.24. The molecule has 0 fully saturated rings. The summed E-state index contributed by atoms with van der Waals surface area (Å²) in [6.45, 7) is 2.02. The van der Waals surface area contributed by atoms with E-state index in [9.17, 15) is 4.79 Å². The summed E-state index contributed by atoms with van der Waals surface area (Å²) >= 11 is 0. The predicted octanol–water partition coefficient (Wildman–Crippen LogP) is 2.26. The van der Waals surface area contributed by atoms with E-state index in [1.54, 1.807) is 6.08 Å². The van der Waals surface area contributed by atoms with E-state index in [0.717, 1.165) is 5.75 Å². The summed E-state index contributed by atoms with van der Waals surface area (Å²) in [5, 5.41) is 0. The van der Waals surface area contributed by atoms with Crippen molar-refractivity contribution in [3.63, 3.8) is 0 Å². The van der Waals surface area contributed by atoms with Crippen LogP contribution in [0.5, 0.6) is 5.75 Å². The largest absolute Gasteiger partial charge is 0.456 e. The van der Waals surface area contributed by atoms with Gasteiger partial charge in [-0.2, -0.15) is 0 Å². The molecule has 0 radical (unpaired) electrons. The lowest BCUT2D eigenvalue weighted by Crippen LogP contribution is -2.05. The first-order valence-corrected chi connectivity index (χ1v) is 4.75. The lowest BCUT2D eigenvalue weighted by atomic mass is 10.2. The molecule has 0 N–H and O–H groups in total. The molecule has 1 aliphatic rings. The molecule has 3 nitrogen and oxygen atoms in total. The van der Waals surface area contributed by atoms with Crippen LogP contribution in [0.3, 0.4) is 0 Å². The van der Waals surface area contributed by atoms with Crippen LogP contribution in [0.25, 0.3) is 0 Å². The number of benzene rings is 1. The highest BCUT2D eigenvalue weighted by Gasteiger charge is 2.06. The summed E-state index contributed by atoms with van der Waals surface area (Å²) in [6, 6.07) is 7.73. The van der Waals surface area contributed by atoms with Crippen LogP contribution in [0.4, 0.5) is 0 Å². The Labute approximate surface area is 88.1 Å². The SMILES string of the molecule is Cc1ccc(OC2=CCC(=O)N=C2)cc1. The average Bonchev–Trinajstić information content (AvgIpc) is 2.25. The number of amides is 1. The van der Waals surface area contributed by atoms with Gasteiger partial charge in [-0.25, -0.2) is 4.99 Å². The standard InChI is InChI=1S/C12H11NO2/c1-9-2-4-10(5-3-9)15-11-6-7-12(14)13-8-11/h2-6,8H,7H2,1H3. The first kappa shape index (κ1) is 9.65. The summed E-state index contributed by atoms with van der Waals surface area (Å²) in [5.41, 5.74) is 1.18. The van der Waals surface area contributed by atoms with Crippen LogP contribution in [0.2, 0.25) is 0 Å². The number of rotatable bonds is 2. The van der Waals surface area contributed by atoms with E-state index in [-0.39, 0.29) is 5.91 Å². The molecular formula is C12H11NO2. The zero-order valence-corrected chi connectivity index (χ0v) is 8.43. The molecule has 1 amide bonds. The third kappa shape index (κ3) is 2.53. The van der Waals surface area contributed by atoms with Gasteiger partial charge in [-0.1, -0.05) is 17.7 Å². The number of dihydropyridines is 1. The van der Waals surface area contributed by atoms with Gasteiger partial charge in [0.1, 0.15) is 11.5 Å². The van der Waals surface area contributed by atoms with Gasteiger partial charge >= 0.3 is 0 Å². The maximum absolute atomic E-state index is 10.8. The van der Waals surface area contributed by atoms with E-state index in [2.05, 4.69) is 4.99 Å². The fraction of sp³-hybridized carbons (Fsp3) is 0.167. The molecule has 0 spiro atoms. The lowest BCUT2D eigenvalue weighted by molar-refractivity contribution is -0.117. The fourth-order valence-corrected chi connectivity index (χ4v) is 1.24. The zero-order chi connectivity index (χ0) is 10.7. The van der Waals surface area contributed by atoms with Crippen LogP contribution >= 0.6 is 0 Å². The Morgan fingerprint density at radius 3 is 2.60 bits per heavy atom. The highest BCUT2D eigenvalue weighted by Crippen LogP contribution is 2.15. The second kappa shape index (κ2) is 4.09. The van der Waals surface area contributed by atoms with Crippen molar-refractivity contribution in [2.75, 3.05) is 0 Å². The number of nitrogens with zero attached hydrogens (tertiary/aromatic N) is 1. The second-order valence-corrected chi connectivity index (χ2v) is 3.38. The molecular weight excluding hydrogens is 190 g/mol. The second-order valence-electron chi connectivity index (χ2n) is 3.38. The van der Waals surface area contributed by atoms with Gasteiger partial charge in [0, 0.05) is 0 Å². The molecule has 0 bridgehead atoms. The van der Waals surface area contributed by atoms with E-state index in [1.807, 2.05) is 31.2 Å². The van der Waals surface area contributed by atoms with Crippen molar-refractivity contribution in [1.82, 2.24) is 0 Å². The monoisotopic (exact) mass is 201 g/mol. The van der Waals surface area contributed by atoms with Crippen molar-refractivity contribution in [2.24, 2.45) is 4.99 Å². The molecule has 1 heterocycles. The van der Waals surface area contributed by atoms with E-state index in [1.165, 1.54) is 11.8 Å². The number of allylic oxidation sites excluding steroid dienone is 1. The van der Waals surface area contributed by atoms with Crippen LogP contribution in [0.1, 0.15) is 12.0 Å². The van der Waals surface area contributed by atoms with Crippen LogP contribution < -0.4 is 4.74 Å². The van der Waals surface area contributed by atoms with Crippen molar-refractivity contribution < 1.29 is 9.53 Å². The number of aryl methyl sites for hydroxylation is 1. The van der Waals surface area contributed by atoms with Gasteiger partial charge in [-0.15, -0.1) is 0 Å². The summed E-state index contributed by atoms with van der Waals surface area (Å²) in [7, 11) is 0. The smallest absolute Gasteiger partial charge is 0.249 e. The van der Waals surface area contributed by atoms with Gasteiger partial charge in [-0.05, 0) is 25.1 Å². The Morgan fingerprint density at radius 1 is 1.27 bits per heavy atom. The summed E-state index contributed by atoms with van der Waals surface area (Å²) in [4.78, 5) is 14.5. The Hall–Kier alpha value is -1.90. The third-order valence-electron chi connectivity index (χ3n) is 2.07. The molecule has 3 heteroatoms. The summed E-state index contributed by atoms with van der Waals surface area (Å²) in [6.07, 6.45) is 3.50. The maximum Gasteiger partial charge on any atom is 0.249 e. The van der Waals surface area contributed by atoms with Gasteiger partial charge in [0.25, 0.3) is 0 Å². The van der Waals surface area contributed by atoms with E-state index < -0.39 is 0 Å². The van der Waals surface area contributed by atoms with Crippen LogP contribution in [-0.2, 0) is 4.79 Å². The minimum Gasteiger partial charge on any atom is -0.456 e. The maximum atomic E-state index is 10.8. The Bertz CT molecular complexity index is 429. The number of carbonyl (C=O) groups excluding carboxylic acids is 1. The molecule has 76 valence electrons. The molecule has 1 aromatic rings. The van der Waals surface area contributed by atoms with Crippen molar-refractivity contribution in [3.8, 4) is 5.75 Å². The highest BCUT2D eigenvalue weighted by molar-refractivity contribution is 5.94. The zero-order valence-electron chi connectivity index (χ0n) is 8.43. The molecule has 0 unspecified atom stereocenters. The topological polar surface area (TPSA) is 38.7 Å². The van der Waals surface area contributed by atoms with Crippen LogP contribution in [0, 0.1) is 6.92 Å². The van der Waals surface area contributed by atoms with Gasteiger partial charge in [0.2, 0.25) is 5.91 Å². The molecule has 0 aromatic heterocycles. The van der Waals surface area contributed by atoms with Crippen molar-refractivity contribution in [3.05, 3.63) is 41.7 Å². The molecule has 0 atom stereocenters. The first-order valence-electron chi connectivity index (χ1n) is 4.75. The lowest BCUT2D eigenvalue weighted by Gasteiger charge is -2.08. The number of hydrogen-bond acceptors (Lipinski definition) is 2. The van der Waals surface area contributed by atoms with Crippen LogP contribution in [-0.4, -0.2) is 12.1 Å². The number of carbonyl (C=O) groups is 1. The van der Waals surface area contributed by atoms with Gasteiger partial charge in [0.05, 0.1) is 12.6 Å². The van der Waals surface area contributed by atoms with E-state index in [0.29, 0.717) is 12.2 Å². The number of aliphatic imine (C=N–C) groups is 1. The molecule has 15 heavy (non-hydrogen) atoms. The molecule has 0 saturated heterocycles. The highest BCUT2D eigenvalue weighted by atomic mass is 16.5. The summed E-state index contributed by atoms with van der Waals surface area (Å²) < 4.78 is 5.52. The molecule has 0 aliphatic carbocycles. The number of hydrogen-bond donors (Lipinski definition) is 0. The quantitative estimate of drug-likeness (QED) is 0.736. The average molecular weight is 201 g/mol. The minimum absolute atomic E-state index is 0.133.